The summed E-state index contributed by atoms with van der Waals surface area (Å²) in [5.74, 6) is 0.617. The molecule has 0 aliphatic carbocycles. The van der Waals surface area contributed by atoms with Gasteiger partial charge in [0.2, 0.25) is 5.89 Å². The van der Waals surface area contributed by atoms with Gasteiger partial charge >= 0.3 is 0 Å². The van der Waals surface area contributed by atoms with Crippen molar-refractivity contribution in [1.29, 1.82) is 0 Å². The Labute approximate surface area is 291 Å². The fraction of sp³-hybridized carbons (Fsp3) is 0. The molecule has 3 nitrogen and oxygen atoms in total. The van der Waals surface area contributed by atoms with Crippen LogP contribution in [0.3, 0.4) is 0 Å². The van der Waals surface area contributed by atoms with Gasteiger partial charge in [0, 0.05) is 28.2 Å². The van der Waals surface area contributed by atoms with E-state index in [2.05, 4.69) is 181 Å². The first-order valence-electron chi connectivity index (χ1n) is 16.9. The highest BCUT2D eigenvalue weighted by molar-refractivity contribution is 5.93. The Morgan fingerprint density at radius 1 is 0.360 bits per heavy atom. The van der Waals surface area contributed by atoms with Crippen molar-refractivity contribution in [2.24, 2.45) is 0 Å². The highest BCUT2D eigenvalue weighted by atomic mass is 16.3. The Hall–Kier alpha value is -6.71. The van der Waals surface area contributed by atoms with Gasteiger partial charge in [-0.25, -0.2) is 4.98 Å². The van der Waals surface area contributed by atoms with Gasteiger partial charge in [0.15, 0.2) is 5.58 Å². The third kappa shape index (κ3) is 5.61. The normalized spacial score (nSPS) is 11.2. The molecule has 0 N–H and O–H groups in total. The number of benzene rings is 8. The number of hydrogen-bond acceptors (Lipinski definition) is 3. The number of oxazole rings is 1. The predicted molar refractivity (Wildman–Crippen MR) is 208 cm³/mol. The van der Waals surface area contributed by atoms with Crippen LogP contribution in [0.1, 0.15) is 0 Å². The average molecular weight is 641 g/mol. The zero-order chi connectivity index (χ0) is 33.3. The van der Waals surface area contributed by atoms with E-state index >= 15 is 0 Å². The number of nitrogens with zero attached hydrogens (tertiary/aromatic N) is 2. The van der Waals surface area contributed by atoms with E-state index < -0.39 is 0 Å². The predicted octanol–water partition coefficient (Wildman–Crippen LogP) is 13.1. The quantitative estimate of drug-likeness (QED) is 0.174. The smallest absolute Gasteiger partial charge is 0.227 e. The molecule has 0 unspecified atom stereocenters. The minimum Gasteiger partial charge on any atom is -0.436 e. The molecule has 8 aromatic carbocycles. The number of aromatic nitrogens is 1. The van der Waals surface area contributed by atoms with Crippen molar-refractivity contribution in [2.75, 3.05) is 4.90 Å². The second-order valence-electron chi connectivity index (χ2n) is 12.4. The van der Waals surface area contributed by atoms with Gasteiger partial charge in [-0.05, 0) is 99.3 Å². The fourth-order valence-electron chi connectivity index (χ4n) is 6.73. The Morgan fingerprint density at radius 3 is 1.60 bits per heavy atom. The molecule has 9 aromatic rings. The van der Waals surface area contributed by atoms with Crippen LogP contribution in [0.15, 0.2) is 199 Å². The molecule has 9 rings (SSSR count). The van der Waals surface area contributed by atoms with Crippen molar-refractivity contribution in [3.8, 4) is 44.8 Å². The van der Waals surface area contributed by atoms with Crippen LogP contribution in [0.25, 0.3) is 66.7 Å². The molecule has 0 fully saturated rings. The summed E-state index contributed by atoms with van der Waals surface area (Å²) in [4.78, 5) is 7.28. The molecule has 1 aromatic heterocycles. The highest BCUT2D eigenvalue weighted by Crippen LogP contribution is 2.38. The number of fused-ring (bicyclic) bond motifs is 2. The van der Waals surface area contributed by atoms with Crippen molar-refractivity contribution in [2.45, 2.75) is 0 Å². The van der Waals surface area contributed by atoms with Crippen LogP contribution in [0, 0.1) is 0 Å². The summed E-state index contributed by atoms with van der Waals surface area (Å²) in [5.41, 5.74) is 12.7. The van der Waals surface area contributed by atoms with Gasteiger partial charge in [-0.1, -0.05) is 133 Å². The van der Waals surface area contributed by atoms with Crippen molar-refractivity contribution < 1.29 is 4.42 Å². The van der Waals surface area contributed by atoms with Gasteiger partial charge < -0.3 is 9.32 Å². The molecule has 50 heavy (non-hydrogen) atoms. The Kier molecular flexibility index (Phi) is 7.49. The monoisotopic (exact) mass is 640 g/mol. The van der Waals surface area contributed by atoms with Gasteiger partial charge in [0.1, 0.15) is 5.52 Å². The van der Waals surface area contributed by atoms with E-state index in [1.807, 2.05) is 18.2 Å². The second-order valence-corrected chi connectivity index (χ2v) is 12.4. The Morgan fingerprint density at radius 2 is 0.880 bits per heavy atom. The lowest BCUT2D eigenvalue weighted by Crippen LogP contribution is -2.09. The van der Waals surface area contributed by atoms with Crippen LogP contribution < -0.4 is 4.90 Å². The second kappa shape index (κ2) is 12.7. The van der Waals surface area contributed by atoms with Crippen molar-refractivity contribution in [1.82, 2.24) is 4.98 Å². The van der Waals surface area contributed by atoms with Gasteiger partial charge in [-0.3, -0.25) is 0 Å². The fourth-order valence-corrected chi connectivity index (χ4v) is 6.73. The number of para-hydroxylation sites is 2. The lowest BCUT2D eigenvalue weighted by atomic mass is 10.0. The van der Waals surface area contributed by atoms with Gasteiger partial charge in [0.25, 0.3) is 0 Å². The van der Waals surface area contributed by atoms with E-state index in [1.54, 1.807) is 0 Å². The van der Waals surface area contributed by atoms with E-state index in [1.165, 1.54) is 27.5 Å². The third-order valence-electron chi connectivity index (χ3n) is 9.32. The van der Waals surface area contributed by atoms with Crippen LogP contribution in [-0.2, 0) is 0 Å². The van der Waals surface area contributed by atoms with E-state index in [-0.39, 0.29) is 0 Å². The molecule has 3 heteroatoms. The maximum Gasteiger partial charge on any atom is 0.227 e. The van der Waals surface area contributed by atoms with Gasteiger partial charge in [-0.15, -0.1) is 0 Å². The van der Waals surface area contributed by atoms with Gasteiger partial charge in [0.05, 0.1) is 0 Å². The van der Waals surface area contributed by atoms with Crippen molar-refractivity contribution in [3.05, 3.63) is 194 Å². The lowest BCUT2D eigenvalue weighted by molar-refractivity contribution is 0.620. The molecule has 1 heterocycles. The van der Waals surface area contributed by atoms with Crippen LogP contribution in [0.5, 0.6) is 0 Å². The summed E-state index contributed by atoms with van der Waals surface area (Å²) in [6.07, 6.45) is 0. The number of hydrogen-bond donors (Lipinski definition) is 0. The molecule has 0 saturated heterocycles. The molecule has 0 spiro atoms. The van der Waals surface area contributed by atoms with E-state index in [0.29, 0.717) is 5.89 Å². The maximum atomic E-state index is 6.28. The molecule has 0 atom stereocenters. The zero-order valence-electron chi connectivity index (χ0n) is 27.3. The number of rotatable bonds is 7. The minimum absolute atomic E-state index is 0.617. The van der Waals surface area contributed by atoms with Gasteiger partial charge in [-0.2, -0.15) is 0 Å². The number of anilines is 3. The lowest BCUT2D eigenvalue weighted by Gasteiger charge is -2.26. The topological polar surface area (TPSA) is 29.3 Å². The van der Waals surface area contributed by atoms with Crippen molar-refractivity contribution in [3.63, 3.8) is 0 Å². The molecule has 0 aliphatic heterocycles. The first kappa shape index (κ1) is 29.4. The molecule has 0 aliphatic rings. The van der Waals surface area contributed by atoms with Crippen LogP contribution in [0.4, 0.5) is 17.1 Å². The van der Waals surface area contributed by atoms with E-state index in [9.17, 15) is 0 Å². The average Bonchev–Trinajstić information content (AvgIpc) is 3.64. The zero-order valence-corrected chi connectivity index (χ0v) is 27.3. The first-order chi connectivity index (χ1) is 24.8. The highest BCUT2D eigenvalue weighted by Gasteiger charge is 2.16. The summed E-state index contributed by atoms with van der Waals surface area (Å²) in [5, 5.41) is 2.50. The molecular weight excluding hydrogens is 609 g/mol. The van der Waals surface area contributed by atoms with Crippen LogP contribution in [0.2, 0.25) is 0 Å². The molecule has 0 bridgehead atoms. The summed E-state index contributed by atoms with van der Waals surface area (Å²) < 4.78 is 6.28. The summed E-state index contributed by atoms with van der Waals surface area (Å²) in [7, 11) is 0. The summed E-state index contributed by atoms with van der Waals surface area (Å²) in [6, 6.07) is 68.1. The molecule has 236 valence electrons. The molecule has 0 radical (unpaired) electrons. The SMILES string of the molecule is c1ccc(-c2ccc(-c3nc4c(-c5ccc(N(c6ccccc6)c6ccc(-c7ccc8ccccc8c7)cc6)cc5)cccc4o3)cc2)cc1. The standard InChI is InChI=1S/C47H32N2O/c1-3-10-33(11-4-1)35-18-21-38(22-19-35)47-48-46-44(16-9-17-45(46)50-47)37-26-30-43(31-27-37)49(41-14-5-2-6-15-41)42-28-24-36(25-29-42)40-23-20-34-12-7-8-13-39(34)32-40/h1-32H. The van der Waals surface area contributed by atoms with Crippen molar-refractivity contribution >= 4 is 38.9 Å². The Balaban J connectivity index is 1.03. The maximum absolute atomic E-state index is 6.28. The molecule has 0 saturated carbocycles. The van der Waals surface area contributed by atoms with E-state index in [0.717, 1.165) is 50.4 Å². The minimum atomic E-state index is 0.617. The largest absolute Gasteiger partial charge is 0.436 e. The first-order valence-corrected chi connectivity index (χ1v) is 16.9. The third-order valence-corrected chi connectivity index (χ3v) is 9.32. The van der Waals surface area contributed by atoms with E-state index in [4.69, 9.17) is 9.40 Å². The molecular formula is C47H32N2O. The Bertz CT molecular complexity index is 2550. The summed E-state index contributed by atoms with van der Waals surface area (Å²) in [6.45, 7) is 0. The van der Waals surface area contributed by atoms with Crippen LogP contribution in [-0.4, -0.2) is 4.98 Å². The van der Waals surface area contributed by atoms with Crippen LogP contribution >= 0.6 is 0 Å². The molecule has 0 amide bonds. The summed E-state index contributed by atoms with van der Waals surface area (Å²) >= 11 is 0.